The number of hydrogen-bond donors (Lipinski definition) is 3. The average Bonchev–Trinajstić information content (AvgIpc) is 3.94. The zero-order chi connectivity index (χ0) is 51.1. The molecule has 1 aliphatic rings. The molecule has 0 bridgehead atoms. The van der Waals surface area contributed by atoms with E-state index in [-0.39, 0.29) is 56.3 Å². The zero-order valence-electron chi connectivity index (χ0n) is 36.0. The number of carbonyl (C=O) groups excluding carboxylic acids is 1. The van der Waals surface area contributed by atoms with Crippen LogP contribution in [0.4, 0.5) is 18.9 Å². The summed E-state index contributed by atoms with van der Waals surface area (Å²) in [5.74, 6) is -4.42. The maximum absolute atomic E-state index is 14.1. The van der Waals surface area contributed by atoms with E-state index in [0.29, 0.717) is 43.9 Å². The average molecular weight is 1060 g/mol. The Morgan fingerprint density at radius 2 is 1.54 bits per heavy atom. The molecule has 3 N–H and O–H groups in total. The van der Waals surface area contributed by atoms with E-state index in [9.17, 15) is 42.3 Å². The first kappa shape index (κ1) is 53.4. The quantitative estimate of drug-likeness (QED) is 0.0680. The van der Waals surface area contributed by atoms with Gasteiger partial charge in [-0.05, 0) is 100.0 Å². The van der Waals surface area contributed by atoms with E-state index in [1.807, 2.05) is 0 Å². The lowest BCUT2D eigenvalue weighted by Gasteiger charge is -2.30. The van der Waals surface area contributed by atoms with Crippen molar-refractivity contribution >= 4 is 104 Å². The van der Waals surface area contributed by atoms with Gasteiger partial charge in [0.2, 0.25) is 0 Å². The Balaban J connectivity index is 0.000000194. The lowest BCUT2D eigenvalue weighted by atomic mass is 9.95. The van der Waals surface area contributed by atoms with Gasteiger partial charge in [0, 0.05) is 34.0 Å². The summed E-state index contributed by atoms with van der Waals surface area (Å²) in [4.78, 5) is 61.1. The molecule has 26 heteroatoms. The normalized spacial score (nSPS) is 15.0. The van der Waals surface area contributed by atoms with E-state index in [4.69, 9.17) is 86.8 Å². The predicted molar refractivity (Wildman–Crippen MR) is 247 cm³/mol. The molecule has 7 rings (SSSR count). The van der Waals surface area contributed by atoms with Crippen LogP contribution in [0.5, 0.6) is 17.6 Å². The van der Waals surface area contributed by atoms with Gasteiger partial charge in [-0.1, -0.05) is 46.4 Å². The topological polar surface area (TPSA) is 238 Å². The standard InChI is InChI=1S/C18H16ClNO5.C13H10Cl2F3N3O3.C12H10Cl2N2O4/c1-3-22-17(21)11(2)23-13-5-7-14(8-6-13)24-18-20-15-9-4-12(19)10-16(15)25-18;1-5-19-21(13(24)20(5)12(17)18)10-3-6(2-8(15)11(22)23)7(14)4-9(10)16;1-12(11(19)20)5-8(10(17)18)15-16(12)9-3-2-6(13)4-7(9)14/h4-11H,3H2,1-2H3;3-4,8,12H,2H2,1H3,(H,22,23);2-4H,5H2,1H3,(H,17,18)(H,19,20)/t11-;;/m1../s1. The minimum absolute atomic E-state index is 0.0926. The van der Waals surface area contributed by atoms with Gasteiger partial charge in [-0.15, -0.1) is 16.7 Å². The third-order valence-electron chi connectivity index (χ3n) is 9.52. The van der Waals surface area contributed by atoms with E-state index in [1.165, 1.54) is 25.1 Å². The maximum atomic E-state index is 14.1. The molecule has 0 radical (unpaired) electrons. The van der Waals surface area contributed by atoms with E-state index in [2.05, 4.69) is 15.2 Å². The van der Waals surface area contributed by atoms with Crippen molar-refractivity contribution in [2.75, 3.05) is 11.6 Å². The molecule has 0 saturated carbocycles. The van der Waals surface area contributed by atoms with Gasteiger partial charge in [0.05, 0.1) is 17.3 Å². The van der Waals surface area contributed by atoms with Crippen molar-refractivity contribution in [2.24, 2.45) is 5.10 Å². The molecule has 3 heterocycles. The van der Waals surface area contributed by atoms with Gasteiger partial charge in [0.1, 0.15) is 39.6 Å². The number of benzene rings is 4. The van der Waals surface area contributed by atoms with Crippen LogP contribution >= 0.6 is 58.0 Å². The molecule has 0 aliphatic carbocycles. The number of oxazole rings is 1. The Morgan fingerprint density at radius 1 is 0.899 bits per heavy atom. The second-order valence-corrected chi connectivity index (χ2v) is 16.7. The van der Waals surface area contributed by atoms with Crippen LogP contribution in [-0.4, -0.2) is 87.9 Å². The Bertz CT molecular complexity index is 2990. The number of fused-ring (bicyclic) bond motifs is 1. The van der Waals surface area contributed by atoms with Gasteiger partial charge in [0.15, 0.2) is 23.0 Å². The Kier molecular flexibility index (Phi) is 17.6. The molecule has 0 amide bonds. The number of esters is 1. The number of aromatic nitrogens is 4. The highest BCUT2D eigenvalue weighted by atomic mass is 35.5. The summed E-state index contributed by atoms with van der Waals surface area (Å²) in [6.07, 6.45) is -1.05. The van der Waals surface area contributed by atoms with Gasteiger partial charge in [-0.2, -0.15) is 23.5 Å². The fourth-order valence-corrected chi connectivity index (χ4v) is 7.13. The zero-order valence-corrected chi connectivity index (χ0v) is 39.8. The van der Waals surface area contributed by atoms with Crippen molar-refractivity contribution in [2.45, 2.75) is 64.1 Å². The van der Waals surface area contributed by atoms with Crippen LogP contribution in [0.2, 0.25) is 20.1 Å². The van der Waals surface area contributed by atoms with Crippen molar-refractivity contribution in [3.63, 3.8) is 0 Å². The van der Waals surface area contributed by atoms with E-state index < -0.39 is 64.6 Å². The van der Waals surface area contributed by atoms with E-state index in [1.54, 1.807) is 56.3 Å². The summed E-state index contributed by atoms with van der Waals surface area (Å²) in [6, 6.07) is 18.3. The Labute approximate surface area is 412 Å². The first-order chi connectivity index (χ1) is 32.4. The molecule has 69 heavy (non-hydrogen) atoms. The number of rotatable bonds is 14. The van der Waals surface area contributed by atoms with Crippen molar-refractivity contribution in [3.8, 4) is 23.3 Å². The van der Waals surface area contributed by atoms with Crippen molar-refractivity contribution in [3.05, 3.63) is 121 Å². The number of ether oxygens (including phenoxy) is 3. The number of anilines is 1. The lowest BCUT2D eigenvalue weighted by Crippen LogP contribution is -2.47. The van der Waals surface area contributed by atoms with E-state index >= 15 is 0 Å². The molecular formula is C43H36Cl5F3N6O12. The Hall–Kier alpha value is -6.52. The van der Waals surface area contributed by atoms with Crippen LogP contribution in [0.25, 0.3) is 16.8 Å². The number of halogens is 8. The van der Waals surface area contributed by atoms with Crippen LogP contribution in [0.3, 0.4) is 0 Å². The number of aryl methyl sites for hydroxylation is 1. The highest BCUT2D eigenvalue weighted by Gasteiger charge is 2.48. The minimum atomic E-state index is -3.14. The maximum Gasteiger partial charge on any atom is 0.400 e. The molecule has 0 saturated heterocycles. The van der Waals surface area contributed by atoms with E-state index in [0.717, 1.165) is 24.1 Å². The number of carboxylic acids is 3. The van der Waals surface area contributed by atoms with Crippen LogP contribution < -0.4 is 20.2 Å². The summed E-state index contributed by atoms with van der Waals surface area (Å²) in [5.41, 5.74) is -1.80. The molecule has 0 fully saturated rings. The number of nitrogens with zero attached hydrogens (tertiary/aromatic N) is 6. The van der Waals surface area contributed by atoms with Crippen molar-refractivity contribution in [1.29, 1.82) is 0 Å². The number of hydrogen-bond acceptors (Lipinski definition) is 13. The van der Waals surface area contributed by atoms with Crippen molar-refractivity contribution < 1.29 is 66.3 Å². The Morgan fingerprint density at radius 3 is 2.12 bits per heavy atom. The highest BCUT2D eigenvalue weighted by molar-refractivity contribution is 6.39. The van der Waals surface area contributed by atoms with Crippen LogP contribution in [0, 0.1) is 12.7 Å². The smallest absolute Gasteiger partial charge is 0.400 e. The van der Waals surface area contributed by atoms with Crippen LogP contribution in [0.15, 0.2) is 87.1 Å². The summed E-state index contributed by atoms with van der Waals surface area (Å²) in [7, 11) is 0. The van der Waals surface area contributed by atoms with Gasteiger partial charge < -0.3 is 33.9 Å². The van der Waals surface area contributed by atoms with Gasteiger partial charge in [-0.25, -0.2) is 33.1 Å². The highest BCUT2D eigenvalue weighted by Crippen LogP contribution is 2.38. The second-order valence-electron chi connectivity index (χ2n) is 14.5. The number of alkyl halides is 3. The SMILES string of the molecule is CC1(C(=O)O)CC(C(=O)O)=NN1c1ccc(Cl)cc1Cl.CCOC(=O)[C@@H](C)Oc1ccc(Oc2nc3ccc(Cl)cc3o2)cc1.Cc1nn(-c2cc(CC(Cl)C(=O)O)c(Cl)cc2F)c(=O)n1C(F)F. The van der Waals surface area contributed by atoms with Gasteiger partial charge in [-0.3, -0.25) is 4.79 Å². The summed E-state index contributed by atoms with van der Waals surface area (Å²) >= 11 is 29.2. The lowest BCUT2D eigenvalue weighted by molar-refractivity contribution is -0.150. The molecule has 6 aromatic rings. The minimum Gasteiger partial charge on any atom is -0.480 e. The van der Waals surface area contributed by atoms with Crippen LogP contribution in [-0.2, 0) is 30.3 Å². The molecule has 3 atom stereocenters. The third-order valence-corrected chi connectivity index (χ3v) is 11.0. The molecule has 1 aliphatic heterocycles. The largest absolute Gasteiger partial charge is 0.480 e. The second kappa shape index (κ2) is 22.7. The predicted octanol–water partition coefficient (Wildman–Crippen LogP) is 9.86. The first-order valence-electron chi connectivity index (χ1n) is 19.7. The monoisotopic (exact) mass is 1060 g/mol. The number of aliphatic carboxylic acids is 3. The number of hydrazone groups is 1. The number of carboxylic acid groups (broad SMARTS) is 3. The molecule has 2 aromatic heterocycles. The van der Waals surface area contributed by atoms with Crippen LogP contribution in [0.1, 0.15) is 45.1 Å². The molecule has 2 unspecified atom stereocenters. The molecule has 18 nitrogen and oxygen atoms in total. The summed E-state index contributed by atoms with van der Waals surface area (Å²) in [6.45, 7) is 3.11. The van der Waals surface area contributed by atoms with Gasteiger partial charge >= 0.3 is 42.2 Å². The molecule has 4 aromatic carbocycles. The fraction of sp³-hybridized carbons (Fsp3) is 0.256. The van der Waals surface area contributed by atoms with Gasteiger partial charge in [0.25, 0.3) is 0 Å². The fourth-order valence-electron chi connectivity index (χ4n) is 6.08. The molecule has 366 valence electrons. The van der Waals surface area contributed by atoms with Crippen molar-refractivity contribution in [1.82, 2.24) is 19.3 Å². The third kappa shape index (κ3) is 13.0. The molecular weight excluding hydrogens is 1030 g/mol. The number of carbonyl (C=O) groups is 4. The molecule has 0 spiro atoms. The summed E-state index contributed by atoms with van der Waals surface area (Å²) < 4.78 is 61.8. The first-order valence-corrected chi connectivity index (χ1v) is 21.7. The summed E-state index contributed by atoms with van der Waals surface area (Å²) in [5, 5.41) is 35.5.